The minimum absolute atomic E-state index is 0.107. The molecule has 2 amide bonds. The number of fused-ring (bicyclic) bond motifs is 1. The fourth-order valence-electron chi connectivity index (χ4n) is 3.40. The van der Waals surface area contributed by atoms with Crippen molar-refractivity contribution in [2.24, 2.45) is 0 Å². The van der Waals surface area contributed by atoms with Crippen molar-refractivity contribution in [3.05, 3.63) is 50.9 Å². The summed E-state index contributed by atoms with van der Waals surface area (Å²) in [5.74, 6) is 0.767. The molecule has 2 aromatic heterocycles. The third-order valence-electron chi connectivity index (χ3n) is 5.16. The smallest absolute Gasteiger partial charge is 0.262 e. The molecule has 3 aromatic rings. The van der Waals surface area contributed by atoms with Crippen LogP contribution in [0.4, 0.5) is 0 Å². The Hall–Kier alpha value is -3.40. The highest BCUT2D eigenvalue weighted by atomic mass is 32.1. The summed E-state index contributed by atoms with van der Waals surface area (Å²) in [6, 6.07) is 5.62. The number of hydrogen-bond donors (Lipinski definition) is 2. The summed E-state index contributed by atoms with van der Waals surface area (Å²) in [6.45, 7) is 4.54. The first-order valence-corrected chi connectivity index (χ1v) is 11.5. The van der Waals surface area contributed by atoms with Crippen LogP contribution in [0.15, 0.2) is 29.3 Å². The Bertz CT molecular complexity index is 1220. The van der Waals surface area contributed by atoms with Gasteiger partial charge in [-0.2, -0.15) is 0 Å². The van der Waals surface area contributed by atoms with Gasteiger partial charge in [0.1, 0.15) is 11.4 Å². The molecule has 0 aliphatic heterocycles. The summed E-state index contributed by atoms with van der Waals surface area (Å²) in [6.07, 6.45) is 2.77. The lowest BCUT2D eigenvalue weighted by Gasteiger charge is -2.10. The van der Waals surface area contributed by atoms with Gasteiger partial charge in [0, 0.05) is 13.1 Å². The average Bonchev–Trinajstić information content (AvgIpc) is 3.16. The maximum Gasteiger partial charge on any atom is 0.262 e. The topological polar surface area (TPSA) is 112 Å². The van der Waals surface area contributed by atoms with Crippen LogP contribution >= 0.6 is 11.3 Å². The van der Waals surface area contributed by atoms with Gasteiger partial charge in [0.15, 0.2) is 11.5 Å². The van der Waals surface area contributed by atoms with E-state index in [0.29, 0.717) is 51.7 Å². The molecule has 0 aliphatic carbocycles. The van der Waals surface area contributed by atoms with Gasteiger partial charge in [0.25, 0.3) is 11.5 Å². The van der Waals surface area contributed by atoms with Gasteiger partial charge < -0.3 is 20.1 Å². The number of carbonyl (C=O) groups excluding carboxylic acids is 2. The minimum atomic E-state index is -0.329. The number of nitrogens with zero attached hydrogens (tertiary/aromatic N) is 2. The van der Waals surface area contributed by atoms with E-state index < -0.39 is 0 Å². The zero-order valence-corrected chi connectivity index (χ0v) is 20.0. The molecule has 0 spiro atoms. The summed E-state index contributed by atoms with van der Waals surface area (Å²) in [5.41, 5.74) is 1.23. The van der Waals surface area contributed by atoms with Crippen LogP contribution in [0, 0.1) is 6.92 Å². The van der Waals surface area contributed by atoms with Crippen molar-refractivity contribution in [1.82, 2.24) is 20.2 Å². The predicted octanol–water partition coefficient (Wildman–Crippen LogP) is 2.28. The molecule has 0 saturated carbocycles. The first-order chi connectivity index (χ1) is 15.9. The highest BCUT2D eigenvalue weighted by Gasteiger charge is 2.20. The monoisotopic (exact) mass is 472 g/mol. The molecule has 1 aromatic carbocycles. The molecule has 3 rings (SSSR count). The van der Waals surface area contributed by atoms with Crippen molar-refractivity contribution in [2.75, 3.05) is 27.3 Å². The normalized spacial score (nSPS) is 10.8. The zero-order chi connectivity index (χ0) is 24.0. The minimum Gasteiger partial charge on any atom is -0.493 e. The van der Waals surface area contributed by atoms with E-state index in [-0.39, 0.29) is 23.9 Å². The summed E-state index contributed by atoms with van der Waals surface area (Å²) in [4.78, 5) is 42.9. The molecule has 0 bridgehead atoms. The molecule has 10 heteroatoms. The first-order valence-electron chi connectivity index (χ1n) is 10.6. The molecule has 0 aliphatic rings. The summed E-state index contributed by atoms with van der Waals surface area (Å²) in [7, 11) is 3.16. The fourth-order valence-corrected chi connectivity index (χ4v) is 4.46. The van der Waals surface area contributed by atoms with Crippen LogP contribution < -0.4 is 25.7 Å². The van der Waals surface area contributed by atoms with Crippen molar-refractivity contribution in [1.29, 1.82) is 0 Å². The quantitative estimate of drug-likeness (QED) is 0.468. The third kappa shape index (κ3) is 5.51. The highest BCUT2D eigenvalue weighted by molar-refractivity contribution is 7.20. The number of amides is 2. The number of rotatable bonds is 10. The van der Waals surface area contributed by atoms with Gasteiger partial charge in [-0.05, 0) is 43.0 Å². The standard InChI is InChI=1S/C23H28N4O5S/c1-5-9-24-18(28)12-27-13-26-22-19(23(27)30)14(2)20(33-22)21(29)25-10-8-15-6-7-16(31-3)17(11-15)32-4/h6-7,11,13H,5,8-10,12H2,1-4H3,(H,24,28)(H,25,29). The number of aromatic nitrogens is 2. The largest absolute Gasteiger partial charge is 0.493 e. The Kier molecular flexibility index (Phi) is 8.05. The maximum atomic E-state index is 12.9. The first kappa shape index (κ1) is 24.2. The molecule has 2 N–H and O–H groups in total. The number of ether oxygens (including phenoxy) is 2. The second-order valence-electron chi connectivity index (χ2n) is 7.46. The second kappa shape index (κ2) is 11.0. The molecule has 33 heavy (non-hydrogen) atoms. The van der Waals surface area contributed by atoms with Crippen molar-refractivity contribution in [3.63, 3.8) is 0 Å². The molecule has 0 radical (unpaired) electrons. The van der Waals surface area contributed by atoms with E-state index in [1.807, 2.05) is 25.1 Å². The van der Waals surface area contributed by atoms with E-state index in [9.17, 15) is 14.4 Å². The lowest BCUT2D eigenvalue weighted by molar-refractivity contribution is -0.121. The Morgan fingerprint density at radius 2 is 1.88 bits per heavy atom. The Balaban J connectivity index is 1.71. The van der Waals surface area contributed by atoms with Crippen LogP contribution in [0.1, 0.15) is 34.1 Å². The van der Waals surface area contributed by atoms with Crippen LogP contribution in [0.25, 0.3) is 10.2 Å². The van der Waals surface area contributed by atoms with Crippen molar-refractivity contribution in [2.45, 2.75) is 33.2 Å². The average molecular weight is 473 g/mol. The molecule has 9 nitrogen and oxygen atoms in total. The number of carbonyl (C=O) groups is 2. The van der Waals surface area contributed by atoms with E-state index in [4.69, 9.17) is 9.47 Å². The van der Waals surface area contributed by atoms with Gasteiger partial charge in [-0.25, -0.2) is 4.98 Å². The Labute approximate surface area is 195 Å². The Morgan fingerprint density at radius 1 is 1.12 bits per heavy atom. The highest BCUT2D eigenvalue weighted by Crippen LogP contribution is 2.28. The van der Waals surface area contributed by atoms with Crippen LogP contribution in [0.5, 0.6) is 11.5 Å². The van der Waals surface area contributed by atoms with Gasteiger partial charge in [-0.3, -0.25) is 19.0 Å². The van der Waals surface area contributed by atoms with Crippen molar-refractivity contribution < 1.29 is 19.1 Å². The van der Waals surface area contributed by atoms with Crippen LogP contribution in [-0.4, -0.2) is 48.7 Å². The maximum absolute atomic E-state index is 12.9. The molecule has 0 fully saturated rings. The van der Waals surface area contributed by atoms with Gasteiger partial charge >= 0.3 is 0 Å². The van der Waals surface area contributed by atoms with Gasteiger partial charge in [-0.15, -0.1) is 11.3 Å². The van der Waals surface area contributed by atoms with Crippen LogP contribution in [-0.2, 0) is 17.8 Å². The van der Waals surface area contributed by atoms with Crippen LogP contribution in [0.2, 0.25) is 0 Å². The van der Waals surface area contributed by atoms with E-state index in [2.05, 4.69) is 15.6 Å². The predicted molar refractivity (Wildman–Crippen MR) is 128 cm³/mol. The van der Waals surface area contributed by atoms with E-state index >= 15 is 0 Å². The summed E-state index contributed by atoms with van der Waals surface area (Å²) < 4.78 is 11.8. The summed E-state index contributed by atoms with van der Waals surface area (Å²) >= 11 is 1.17. The molecular weight excluding hydrogens is 444 g/mol. The number of nitrogens with one attached hydrogen (secondary N) is 2. The zero-order valence-electron chi connectivity index (χ0n) is 19.2. The number of aryl methyl sites for hydroxylation is 1. The second-order valence-corrected chi connectivity index (χ2v) is 8.46. The van der Waals surface area contributed by atoms with Crippen molar-refractivity contribution >= 4 is 33.4 Å². The third-order valence-corrected chi connectivity index (χ3v) is 6.36. The van der Waals surface area contributed by atoms with E-state index in [0.717, 1.165) is 12.0 Å². The van der Waals surface area contributed by atoms with Crippen LogP contribution in [0.3, 0.4) is 0 Å². The number of benzene rings is 1. The number of methoxy groups -OCH3 is 2. The fraction of sp³-hybridized carbons (Fsp3) is 0.391. The molecular formula is C23H28N4O5S. The van der Waals surface area contributed by atoms with Gasteiger partial charge in [0.05, 0.1) is 30.8 Å². The van der Waals surface area contributed by atoms with Gasteiger partial charge in [-0.1, -0.05) is 13.0 Å². The SMILES string of the molecule is CCCNC(=O)Cn1cnc2sc(C(=O)NCCc3ccc(OC)c(OC)c3)c(C)c2c1=O. The molecule has 0 atom stereocenters. The van der Waals surface area contributed by atoms with E-state index in [1.165, 1.54) is 22.2 Å². The molecule has 176 valence electrons. The lowest BCUT2D eigenvalue weighted by Crippen LogP contribution is -2.32. The number of thiophene rings is 1. The van der Waals surface area contributed by atoms with E-state index in [1.54, 1.807) is 21.1 Å². The molecule has 0 unspecified atom stereocenters. The Morgan fingerprint density at radius 3 is 2.58 bits per heavy atom. The molecule has 2 heterocycles. The van der Waals surface area contributed by atoms with Gasteiger partial charge in [0.2, 0.25) is 5.91 Å². The number of hydrogen-bond acceptors (Lipinski definition) is 7. The van der Waals surface area contributed by atoms with Crippen molar-refractivity contribution in [3.8, 4) is 11.5 Å². The summed E-state index contributed by atoms with van der Waals surface area (Å²) in [5, 5.41) is 6.02. The lowest BCUT2D eigenvalue weighted by atomic mass is 10.1. The molecule has 0 saturated heterocycles.